The summed E-state index contributed by atoms with van der Waals surface area (Å²) >= 11 is 0. The van der Waals surface area contributed by atoms with Gasteiger partial charge in [0.2, 0.25) is 0 Å². The molecule has 0 aliphatic carbocycles. The number of benzene rings is 2. The van der Waals surface area contributed by atoms with Gasteiger partial charge >= 0.3 is 6.03 Å². The number of urea groups is 1. The fourth-order valence-electron chi connectivity index (χ4n) is 4.27. The Morgan fingerprint density at radius 3 is 2.44 bits per heavy atom. The molecule has 3 N–H and O–H groups in total. The number of nitrogens with zero attached hydrogens (tertiary/aromatic N) is 1. The van der Waals surface area contributed by atoms with Crippen LogP contribution >= 0.6 is 0 Å². The molecule has 3 heterocycles. The Hall–Kier alpha value is -3.80. The summed E-state index contributed by atoms with van der Waals surface area (Å²) < 4.78 is 39.2. The molecule has 0 saturated carbocycles. The van der Waals surface area contributed by atoms with E-state index in [1.54, 1.807) is 29.2 Å². The molecule has 2 fully saturated rings. The molecule has 0 radical (unpaired) electrons. The number of hydrogen-bond donors (Lipinski definition) is 3. The van der Waals surface area contributed by atoms with E-state index in [0.717, 1.165) is 0 Å². The van der Waals surface area contributed by atoms with Gasteiger partial charge in [-0.3, -0.25) is 19.6 Å². The van der Waals surface area contributed by atoms with Crippen LogP contribution in [0.2, 0.25) is 0 Å². The van der Waals surface area contributed by atoms with Crippen LogP contribution in [0, 0.1) is 0 Å². The predicted octanol–water partition coefficient (Wildman–Crippen LogP) is 1.07. The minimum Gasteiger partial charge on any atom is -0.486 e. The number of carbonyl (C=O) groups excluding carboxylic acids is 3. The minimum atomic E-state index is -3.94. The van der Waals surface area contributed by atoms with Gasteiger partial charge in [-0.05, 0) is 43.2 Å². The van der Waals surface area contributed by atoms with Crippen molar-refractivity contribution in [2.24, 2.45) is 0 Å². The number of fused-ring (bicyclic) bond motifs is 1. The van der Waals surface area contributed by atoms with E-state index in [-0.39, 0.29) is 35.5 Å². The molecule has 0 bridgehead atoms. The van der Waals surface area contributed by atoms with Crippen LogP contribution < -0.4 is 24.8 Å². The second-order valence-corrected chi connectivity index (χ2v) is 9.96. The molecular formula is C22H22N4O7S. The molecule has 5 rings (SSSR count). The first kappa shape index (κ1) is 22.0. The number of carbonyl (C=O) groups is 3. The second kappa shape index (κ2) is 8.20. The van der Waals surface area contributed by atoms with Crippen molar-refractivity contribution in [2.45, 2.75) is 23.3 Å². The van der Waals surface area contributed by atoms with Crippen molar-refractivity contribution in [3.8, 4) is 11.5 Å². The maximum Gasteiger partial charge on any atom is 0.322 e. The number of piperidine rings is 1. The third-order valence-electron chi connectivity index (χ3n) is 6.10. The van der Waals surface area contributed by atoms with Crippen LogP contribution in [0.15, 0.2) is 47.4 Å². The molecule has 34 heavy (non-hydrogen) atoms. The standard InChI is InChI=1S/C22H22N4O7S/c27-19(26-8-6-22(7-9-26)20(28)23-21(29)24-22)14-2-1-3-15(12-14)25-34(30,31)16-4-5-17-18(13-16)33-11-10-32-17/h1-5,12-13,25H,6-11H2,(H2,23,24,28,29). The number of anilines is 1. The Morgan fingerprint density at radius 2 is 1.74 bits per heavy atom. The van der Waals surface area contributed by atoms with Crippen LogP contribution in [0.25, 0.3) is 0 Å². The molecule has 2 saturated heterocycles. The van der Waals surface area contributed by atoms with Crippen molar-refractivity contribution in [3.05, 3.63) is 48.0 Å². The topological polar surface area (TPSA) is 143 Å². The lowest BCUT2D eigenvalue weighted by Gasteiger charge is -2.37. The Balaban J connectivity index is 1.29. The average molecular weight is 487 g/mol. The van der Waals surface area contributed by atoms with E-state index in [1.165, 1.54) is 18.2 Å². The second-order valence-electron chi connectivity index (χ2n) is 8.27. The first-order valence-electron chi connectivity index (χ1n) is 10.7. The normalized spacial score (nSPS) is 18.9. The molecule has 11 nitrogen and oxygen atoms in total. The van der Waals surface area contributed by atoms with Crippen molar-refractivity contribution in [2.75, 3.05) is 31.0 Å². The molecule has 0 aromatic heterocycles. The highest BCUT2D eigenvalue weighted by molar-refractivity contribution is 7.92. The lowest BCUT2D eigenvalue weighted by molar-refractivity contribution is -0.125. The van der Waals surface area contributed by atoms with Gasteiger partial charge in [-0.15, -0.1) is 0 Å². The number of amides is 4. The Morgan fingerprint density at radius 1 is 1.00 bits per heavy atom. The number of likely N-dealkylation sites (tertiary alicyclic amines) is 1. The maximum absolute atomic E-state index is 13.0. The first-order chi connectivity index (χ1) is 16.3. The van der Waals surface area contributed by atoms with Gasteiger partial charge in [0.05, 0.1) is 4.90 Å². The molecule has 3 aliphatic heterocycles. The smallest absolute Gasteiger partial charge is 0.322 e. The molecule has 2 aromatic carbocycles. The monoisotopic (exact) mass is 486 g/mol. The molecule has 1 spiro atoms. The Bertz CT molecular complexity index is 1290. The molecule has 2 aromatic rings. The summed E-state index contributed by atoms with van der Waals surface area (Å²) in [5, 5.41) is 4.90. The summed E-state index contributed by atoms with van der Waals surface area (Å²) in [7, 11) is -3.94. The zero-order chi connectivity index (χ0) is 23.9. The van der Waals surface area contributed by atoms with E-state index < -0.39 is 21.6 Å². The lowest BCUT2D eigenvalue weighted by atomic mass is 9.87. The first-order valence-corrected chi connectivity index (χ1v) is 12.2. The fraction of sp³-hybridized carbons (Fsp3) is 0.318. The summed E-state index contributed by atoms with van der Waals surface area (Å²) in [5.74, 6) is 0.170. The predicted molar refractivity (Wildman–Crippen MR) is 119 cm³/mol. The molecule has 178 valence electrons. The minimum absolute atomic E-state index is 0.00620. The number of sulfonamides is 1. The number of nitrogens with one attached hydrogen (secondary N) is 3. The molecule has 0 atom stereocenters. The quantitative estimate of drug-likeness (QED) is 0.549. The maximum atomic E-state index is 13.0. The van der Waals surface area contributed by atoms with Gasteiger partial charge in [-0.25, -0.2) is 13.2 Å². The van der Waals surface area contributed by atoms with Gasteiger partial charge in [0.15, 0.2) is 11.5 Å². The van der Waals surface area contributed by atoms with Crippen molar-refractivity contribution in [1.82, 2.24) is 15.5 Å². The van der Waals surface area contributed by atoms with Gasteiger partial charge in [0.25, 0.3) is 21.8 Å². The van der Waals surface area contributed by atoms with Crippen LogP contribution in [-0.2, 0) is 14.8 Å². The fourth-order valence-corrected chi connectivity index (χ4v) is 5.34. The number of ether oxygens (including phenoxy) is 2. The number of rotatable bonds is 4. The van der Waals surface area contributed by atoms with Crippen LogP contribution in [-0.4, -0.2) is 63.0 Å². The third-order valence-corrected chi connectivity index (χ3v) is 7.48. The Labute approximate surface area is 195 Å². The SMILES string of the molecule is O=C1NC(=O)C2(CCN(C(=O)c3cccc(NS(=O)(=O)c4ccc5c(c4)OCCO5)c3)CC2)N1. The highest BCUT2D eigenvalue weighted by Gasteiger charge is 2.48. The van der Waals surface area contributed by atoms with Crippen molar-refractivity contribution >= 4 is 33.6 Å². The van der Waals surface area contributed by atoms with Crippen LogP contribution in [0.3, 0.4) is 0 Å². The van der Waals surface area contributed by atoms with E-state index in [9.17, 15) is 22.8 Å². The van der Waals surface area contributed by atoms with Gasteiger partial charge in [-0.1, -0.05) is 6.07 Å². The summed E-state index contributed by atoms with van der Waals surface area (Å²) in [6, 6.07) is 10.0. The van der Waals surface area contributed by atoms with Gasteiger partial charge in [0, 0.05) is 30.4 Å². The zero-order valence-corrected chi connectivity index (χ0v) is 18.8. The van der Waals surface area contributed by atoms with E-state index in [1.807, 2.05) is 0 Å². The highest BCUT2D eigenvalue weighted by atomic mass is 32.2. The van der Waals surface area contributed by atoms with E-state index in [2.05, 4.69) is 15.4 Å². The molecule has 12 heteroatoms. The molecular weight excluding hydrogens is 464 g/mol. The molecule has 0 unspecified atom stereocenters. The Kier molecular flexibility index (Phi) is 5.31. The summed E-state index contributed by atoms with van der Waals surface area (Å²) in [5.41, 5.74) is -0.440. The number of imide groups is 1. The van der Waals surface area contributed by atoms with E-state index >= 15 is 0 Å². The van der Waals surface area contributed by atoms with Gasteiger partial charge < -0.3 is 19.7 Å². The lowest BCUT2D eigenvalue weighted by Crippen LogP contribution is -2.55. The third kappa shape index (κ3) is 4.00. The van der Waals surface area contributed by atoms with E-state index in [4.69, 9.17) is 9.47 Å². The summed E-state index contributed by atoms with van der Waals surface area (Å²) in [6.07, 6.45) is 0.597. The van der Waals surface area contributed by atoms with Crippen molar-refractivity contribution < 1.29 is 32.3 Å². The molecule has 3 aliphatic rings. The largest absolute Gasteiger partial charge is 0.486 e. The summed E-state index contributed by atoms with van der Waals surface area (Å²) in [6.45, 7) is 1.29. The van der Waals surface area contributed by atoms with Crippen molar-refractivity contribution in [1.29, 1.82) is 0 Å². The van der Waals surface area contributed by atoms with Crippen molar-refractivity contribution in [3.63, 3.8) is 0 Å². The van der Waals surface area contributed by atoms with Gasteiger partial charge in [0.1, 0.15) is 18.8 Å². The zero-order valence-electron chi connectivity index (χ0n) is 18.0. The molecule has 4 amide bonds. The van der Waals surface area contributed by atoms with Crippen LogP contribution in [0.5, 0.6) is 11.5 Å². The average Bonchev–Trinajstić information content (AvgIpc) is 3.10. The van der Waals surface area contributed by atoms with Crippen LogP contribution in [0.4, 0.5) is 10.5 Å². The van der Waals surface area contributed by atoms with Gasteiger partial charge in [-0.2, -0.15) is 0 Å². The van der Waals surface area contributed by atoms with Crippen LogP contribution in [0.1, 0.15) is 23.2 Å². The van der Waals surface area contributed by atoms with E-state index in [0.29, 0.717) is 43.1 Å². The summed E-state index contributed by atoms with van der Waals surface area (Å²) in [4.78, 5) is 38.2. The number of hydrogen-bond acceptors (Lipinski definition) is 7. The highest BCUT2D eigenvalue weighted by Crippen LogP contribution is 2.33.